The van der Waals surface area contributed by atoms with Crippen LogP contribution in [0.1, 0.15) is 44.6 Å². The van der Waals surface area contributed by atoms with Gasteiger partial charge in [0.1, 0.15) is 21.9 Å². The largest absolute Gasteiger partial charge is 0.420 e. The number of carbonyl (C=O) groups excluding carboxylic acids is 1. The van der Waals surface area contributed by atoms with Gasteiger partial charge in [0.15, 0.2) is 0 Å². The molecule has 3 aromatic heterocycles. The fraction of sp³-hybridized carbons (Fsp3) is 0.368. The number of hydrogen-bond acceptors (Lipinski definition) is 4. The summed E-state index contributed by atoms with van der Waals surface area (Å²) in [4.78, 5) is 17.1. The Morgan fingerprint density at radius 3 is 2.69 bits per heavy atom. The van der Waals surface area contributed by atoms with E-state index in [2.05, 4.69) is 15.6 Å². The Bertz CT molecular complexity index is 1070. The molecule has 1 amide bonds. The maximum atomic E-state index is 14.4. The van der Waals surface area contributed by atoms with E-state index in [0.29, 0.717) is 5.69 Å². The quantitative estimate of drug-likeness (QED) is 0.603. The van der Waals surface area contributed by atoms with Crippen molar-refractivity contribution in [2.75, 3.05) is 18.4 Å². The predicted molar refractivity (Wildman–Crippen MR) is 102 cm³/mol. The Morgan fingerprint density at radius 1 is 1.28 bits per heavy atom. The smallest absolute Gasteiger partial charge is 0.320 e. The number of hydrogen-bond donors (Lipinski definition) is 2. The average molecular weight is 426 g/mol. The number of aromatic nitrogens is 2. The molecule has 0 radical (unpaired) electrons. The van der Waals surface area contributed by atoms with Crippen molar-refractivity contribution < 1.29 is 22.4 Å². The standard InChI is InChI=1S/C19H18F4N4OS/c1-10-8-27-9-12(6-13(17(27)25-10)19(21,22)23)26-18(28)16-14(20)7-15(29-16)11-2-4-24-5-3-11/h6-9,11,24H,2-5H2,1H3,(H,26,28). The van der Waals surface area contributed by atoms with Crippen molar-refractivity contribution in [3.8, 4) is 0 Å². The summed E-state index contributed by atoms with van der Waals surface area (Å²) in [7, 11) is 0. The first-order chi connectivity index (χ1) is 13.7. The summed E-state index contributed by atoms with van der Waals surface area (Å²) in [6, 6.07) is 2.18. The minimum Gasteiger partial charge on any atom is -0.320 e. The minimum atomic E-state index is -4.64. The summed E-state index contributed by atoms with van der Waals surface area (Å²) in [5, 5.41) is 5.63. The average Bonchev–Trinajstić information content (AvgIpc) is 3.22. The summed E-state index contributed by atoms with van der Waals surface area (Å²) in [5.41, 5.74) is -0.882. The van der Waals surface area contributed by atoms with Gasteiger partial charge in [0.2, 0.25) is 0 Å². The molecule has 0 bridgehead atoms. The molecule has 154 valence electrons. The van der Waals surface area contributed by atoms with E-state index in [1.807, 2.05) is 0 Å². The molecule has 29 heavy (non-hydrogen) atoms. The van der Waals surface area contributed by atoms with Crippen LogP contribution >= 0.6 is 11.3 Å². The van der Waals surface area contributed by atoms with Crippen LogP contribution in [0, 0.1) is 12.7 Å². The molecule has 3 aromatic rings. The molecule has 1 saturated heterocycles. The molecule has 5 nitrogen and oxygen atoms in total. The van der Waals surface area contributed by atoms with Gasteiger partial charge in [-0.15, -0.1) is 11.3 Å². The summed E-state index contributed by atoms with van der Waals surface area (Å²) < 4.78 is 55.8. The van der Waals surface area contributed by atoms with Crippen LogP contribution in [-0.2, 0) is 6.18 Å². The van der Waals surface area contributed by atoms with Gasteiger partial charge < -0.3 is 15.0 Å². The normalized spacial score (nSPS) is 15.8. The molecular formula is C19H18F4N4OS. The molecule has 0 spiro atoms. The van der Waals surface area contributed by atoms with Crippen molar-refractivity contribution in [1.82, 2.24) is 14.7 Å². The number of carbonyl (C=O) groups is 1. The van der Waals surface area contributed by atoms with E-state index in [1.54, 1.807) is 6.92 Å². The Labute approximate surface area is 167 Å². The lowest BCUT2D eigenvalue weighted by molar-refractivity contribution is -0.136. The molecule has 10 heteroatoms. The van der Waals surface area contributed by atoms with Gasteiger partial charge in [0.25, 0.3) is 5.91 Å². The van der Waals surface area contributed by atoms with Gasteiger partial charge in [-0.1, -0.05) is 0 Å². The third-order valence-electron chi connectivity index (χ3n) is 4.89. The predicted octanol–water partition coefficient (Wildman–Crippen LogP) is 4.58. The topological polar surface area (TPSA) is 58.4 Å². The van der Waals surface area contributed by atoms with Crippen LogP contribution in [0.25, 0.3) is 5.65 Å². The third-order valence-corrected chi connectivity index (χ3v) is 6.16. The number of rotatable bonds is 3. The number of amides is 1. The van der Waals surface area contributed by atoms with E-state index in [-0.39, 0.29) is 22.1 Å². The molecule has 4 rings (SSSR count). The number of aryl methyl sites for hydroxylation is 1. The SMILES string of the molecule is Cc1cn2cc(NC(=O)c3sc(C4CCNCC4)cc3F)cc(C(F)(F)F)c2n1. The zero-order valence-corrected chi connectivity index (χ0v) is 16.3. The summed E-state index contributed by atoms with van der Waals surface area (Å²) in [5.74, 6) is -1.24. The van der Waals surface area contributed by atoms with E-state index in [0.717, 1.165) is 48.2 Å². The number of thiophene rings is 1. The first-order valence-electron chi connectivity index (χ1n) is 9.10. The van der Waals surface area contributed by atoms with Crippen LogP contribution in [0.2, 0.25) is 0 Å². The van der Waals surface area contributed by atoms with Gasteiger partial charge in [0.05, 0.1) is 11.4 Å². The van der Waals surface area contributed by atoms with Gasteiger partial charge in [-0.05, 0) is 50.9 Å². The molecule has 4 heterocycles. The first kappa shape index (κ1) is 19.8. The highest BCUT2D eigenvalue weighted by atomic mass is 32.1. The minimum absolute atomic E-state index is 0.0801. The number of anilines is 1. The third kappa shape index (κ3) is 3.99. The molecule has 0 unspecified atom stereocenters. The van der Waals surface area contributed by atoms with E-state index < -0.39 is 23.5 Å². The first-order valence-corrected chi connectivity index (χ1v) is 9.92. The lowest BCUT2D eigenvalue weighted by Crippen LogP contribution is -2.26. The lowest BCUT2D eigenvalue weighted by atomic mass is 9.96. The van der Waals surface area contributed by atoms with E-state index in [4.69, 9.17) is 0 Å². The molecule has 0 atom stereocenters. The zero-order valence-electron chi connectivity index (χ0n) is 15.4. The fourth-order valence-corrected chi connectivity index (χ4v) is 4.64. The van der Waals surface area contributed by atoms with Crippen molar-refractivity contribution in [2.45, 2.75) is 31.9 Å². The molecule has 2 N–H and O–H groups in total. The van der Waals surface area contributed by atoms with Crippen molar-refractivity contribution in [2.24, 2.45) is 0 Å². The number of alkyl halides is 3. The van der Waals surface area contributed by atoms with E-state index in [1.165, 1.54) is 22.9 Å². The number of fused-ring (bicyclic) bond motifs is 1. The number of imidazole rings is 1. The van der Waals surface area contributed by atoms with Crippen LogP contribution in [0.15, 0.2) is 24.5 Å². The molecule has 0 aromatic carbocycles. The number of halogens is 4. The Balaban J connectivity index is 1.63. The van der Waals surface area contributed by atoms with Gasteiger partial charge in [-0.2, -0.15) is 13.2 Å². The van der Waals surface area contributed by atoms with Gasteiger partial charge in [-0.3, -0.25) is 4.79 Å². The monoisotopic (exact) mass is 426 g/mol. The highest BCUT2D eigenvalue weighted by molar-refractivity contribution is 7.14. The Morgan fingerprint density at radius 2 is 2.00 bits per heavy atom. The number of pyridine rings is 1. The highest BCUT2D eigenvalue weighted by Gasteiger charge is 2.35. The van der Waals surface area contributed by atoms with Crippen LogP contribution in [0.5, 0.6) is 0 Å². The van der Waals surface area contributed by atoms with E-state index in [9.17, 15) is 22.4 Å². The molecule has 0 saturated carbocycles. The second-order valence-corrected chi connectivity index (χ2v) is 8.14. The maximum Gasteiger partial charge on any atom is 0.420 e. The molecule has 1 fully saturated rings. The van der Waals surface area contributed by atoms with Crippen LogP contribution in [0.3, 0.4) is 0 Å². The van der Waals surface area contributed by atoms with E-state index >= 15 is 0 Å². The van der Waals surface area contributed by atoms with Crippen molar-refractivity contribution in [1.29, 1.82) is 0 Å². The lowest BCUT2D eigenvalue weighted by Gasteiger charge is -2.21. The van der Waals surface area contributed by atoms with Gasteiger partial charge in [-0.25, -0.2) is 9.37 Å². The maximum absolute atomic E-state index is 14.4. The summed E-state index contributed by atoms with van der Waals surface area (Å²) in [6.45, 7) is 3.24. The summed E-state index contributed by atoms with van der Waals surface area (Å²) >= 11 is 1.05. The van der Waals surface area contributed by atoms with Crippen LogP contribution in [-0.4, -0.2) is 28.4 Å². The number of nitrogens with zero attached hydrogens (tertiary/aromatic N) is 2. The second-order valence-electron chi connectivity index (χ2n) is 7.06. The number of nitrogens with one attached hydrogen (secondary N) is 2. The van der Waals surface area contributed by atoms with Crippen LogP contribution in [0.4, 0.5) is 23.2 Å². The van der Waals surface area contributed by atoms with Crippen LogP contribution < -0.4 is 10.6 Å². The van der Waals surface area contributed by atoms with Crippen molar-refractivity contribution in [3.05, 3.63) is 51.4 Å². The fourth-order valence-electron chi connectivity index (χ4n) is 3.53. The molecular weight excluding hydrogens is 408 g/mol. The Hall–Kier alpha value is -2.46. The van der Waals surface area contributed by atoms with Crippen molar-refractivity contribution >= 4 is 28.6 Å². The zero-order chi connectivity index (χ0) is 20.8. The highest BCUT2D eigenvalue weighted by Crippen LogP contribution is 2.35. The molecule has 0 aliphatic carbocycles. The van der Waals surface area contributed by atoms with Crippen molar-refractivity contribution in [3.63, 3.8) is 0 Å². The van der Waals surface area contributed by atoms with Gasteiger partial charge >= 0.3 is 6.18 Å². The Kier molecular flexibility index (Phi) is 5.07. The summed E-state index contributed by atoms with van der Waals surface area (Å²) in [6.07, 6.45) is -0.168. The second kappa shape index (κ2) is 7.42. The molecule has 1 aliphatic rings. The number of piperidine rings is 1. The van der Waals surface area contributed by atoms with Gasteiger partial charge in [0, 0.05) is 17.3 Å². The molecule has 1 aliphatic heterocycles.